The van der Waals surface area contributed by atoms with Crippen LogP contribution in [0, 0.1) is 17.8 Å². The average Bonchev–Trinajstić information content (AvgIpc) is 2.21. The molecule has 0 N–H and O–H groups in total. The second-order valence-corrected chi connectivity index (χ2v) is 9.67. The minimum Gasteiger partial charge on any atom is -0.159 e. The lowest BCUT2D eigenvalue weighted by molar-refractivity contribution is 0.471. The van der Waals surface area contributed by atoms with E-state index in [1.165, 1.54) is 11.5 Å². The Hall–Kier alpha value is 0.700. The molecule has 0 radical (unpaired) electrons. The van der Waals surface area contributed by atoms with E-state index in [9.17, 15) is 0 Å². The summed E-state index contributed by atoms with van der Waals surface area (Å²) in [6.45, 7) is 20.4. The highest BCUT2D eigenvalue weighted by Gasteiger charge is 2.13. The third-order valence-electron chi connectivity index (χ3n) is 2.36. The molecule has 0 rings (SSSR count). The van der Waals surface area contributed by atoms with Gasteiger partial charge in [0.2, 0.25) is 0 Å². The monoisotopic (exact) mass is 292 g/mol. The molecule has 2 heteroatoms. The Balaban J connectivity index is 0. The minimum absolute atomic E-state index is 0.780. The summed E-state index contributed by atoms with van der Waals surface area (Å²) >= 11 is 4.19. The maximum absolute atomic E-state index is 2.39. The summed E-state index contributed by atoms with van der Waals surface area (Å²) in [4.78, 5) is 0. The highest BCUT2D eigenvalue weighted by molar-refractivity contribution is 8.00. The van der Waals surface area contributed by atoms with Gasteiger partial charge in [0.1, 0.15) is 0 Å². The SMILES string of the molecule is CC(C)C.CC(C)SCC(C)C(C)CSC(C)C. The summed E-state index contributed by atoms with van der Waals surface area (Å²) in [5, 5.41) is 1.56. The Labute approximate surface area is 125 Å². The second kappa shape index (κ2) is 12.7. The van der Waals surface area contributed by atoms with Crippen LogP contribution in [0.15, 0.2) is 0 Å². The molecule has 0 saturated carbocycles. The van der Waals surface area contributed by atoms with Crippen molar-refractivity contribution in [2.75, 3.05) is 11.5 Å². The topological polar surface area (TPSA) is 0 Å². The molecule has 0 heterocycles. The molecule has 18 heavy (non-hydrogen) atoms. The van der Waals surface area contributed by atoms with Crippen LogP contribution in [0.25, 0.3) is 0 Å². The molecule has 0 amide bonds. The molecule has 0 saturated heterocycles. The van der Waals surface area contributed by atoms with Crippen molar-refractivity contribution in [3.8, 4) is 0 Å². The smallest absolute Gasteiger partial charge is 0.000958 e. The fraction of sp³-hybridized carbons (Fsp3) is 1.00. The average molecular weight is 293 g/mol. The van der Waals surface area contributed by atoms with Gasteiger partial charge in [-0.3, -0.25) is 0 Å². The van der Waals surface area contributed by atoms with Crippen LogP contribution in [0.5, 0.6) is 0 Å². The normalized spacial score (nSPS) is 14.7. The summed E-state index contributed by atoms with van der Waals surface area (Å²) in [7, 11) is 0. The van der Waals surface area contributed by atoms with E-state index in [0.717, 1.165) is 28.3 Å². The van der Waals surface area contributed by atoms with Crippen LogP contribution in [0.1, 0.15) is 62.3 Å². The Morgan fingerprint density at radius 1 is 0.556 bits per heavy atom. The molecule has 0 aromatic carbocycles. The molecule has 0 fully saturated rings. The van der Waals surface area contributed by atoms with Crippen LogP contribution in [-0.2, 0) is 0 Å². The molecular formula is C16H36S2. The van der Waals surface area contributed by atoms with Crippen LogP contribution in [-0.4, -0.2) is 22.0 Å². The molecule has 112 valence electrons. The molecule has 0 aliphatic carbocycles. The van der Waals surface area contributed by atoms with Crippen molar-refractivity contribution in [1.29, 1.82) is 0 Å². The van der Waals surface area contributed by atoms with Crippen LogP contribution < -0.4 is 0 Å². The first-order valence-electron chi connectivity index (χ1n) is 7.39. The highest BCUT2D eigenvalue weighted by atomic mass is 32.2. The lowest BCUT2D eigenvalue weighted by atomic mass is 10.0. The molecule has 0 aliphatic rings. The van der Waals surface area contributed by atoms with Crippen molar-refractivity contribution >= 4 is 23.5 Å². The van der Waals surface area contributed by atoms with E-state index in [1.54, 1.807) is 0 Å². The molecule has 0 aromatic rings. The summed E-state index contributed by atoms with van der Waals surface area (Å²) in [6.07, 6.45) is 0. The van der Waals surface area contributed by atoms with Gasteiger partial charge in [0, 0.05) is 0 Å². The number of rotatable bonds is 7. The fourth-order valence-electron chi connectivity index (χ4n) is 1.02. The van der Waals surface area contributed by atoms with Gasteiger partial charge in [-0.05, 0) is 39.8 Å². The highest BCUT2D eigenvalue weighted by Crippen LogP contribution is 2.24. The number of hydrogen-bond donors (Lipinski definition) is 0. The summed E-state index contributed by atoms with van der Waals surface area (Å²) in [5.74, 6) is 5.18. The second-order valence-electron chi connectivity index (χ2n) is 6.45. The van der Waals surface area contributed by atoms with Gasteiger partial charge in [0.05, 0.1) is 0 Å². The van der Waals surface area contributed by atoms with E-state index in [2.05, 4.69) is 85.8 Å². The molecule has 0 aromatic heterocycles. The van der Waals surface area contributed by atoms with Gasteiger partial charge in [-0.25, -0.2) is 0 Å². The Bertz CT molecular complexity index is 146. The summed E-state index contributed by atoms with van der Waals surface area (Å²) < 4.78 is 0. The van der Waals surface area contributed by atoms with Crippen molar-refractivity contribution in [1.82, 2.24) is 0 Å². The van der Waals surface area contributed by atoms with Crippen molar-refractivity contribution in [3.05, 3.63) is 0 Å². The van der Waals surface area contributed by atoms with Gasteiger partial charge >= 0.3 is 0 Å². The molecule has 2 unspecified atom stereocenters. The quantitative estimate of drug-likeness (QED) is 0.547. The Kier molecular flexibility index (Phi) is 14.8. The van der Waals surface area contributed by atoms with Gasteiger partial charge in [-0.1, -0.05) is 62.3 Å². The number of thioether (sulfide) groups is 2. The molecule has 0 bridgehead atoms. The minimum atomic E-state index is 0.780. The third kappa shape index (κ3) is 19.0. The van der Waals surface area contributed by atoms with Crippen molar-refractivity contribution in [2.24, 2.45) is 17.8 Å². The zero-order valence-corrected chi connectivity index (χ0v) is 15.8. The summed E-state index contributed by atoms with van der Waals surface area (Å²) in [5.41, 5.74) is 0. The lowest BCUT2D eigenvalue weighted by Crippen LogP contribution is -2.15. The van der Waals surface area contributed by atoms with Gasteiger partial charge in [0.25, 0.3) is 0 Å². The fourth-order valence-corrected chi connectivity index (χ4v) is 3.05. The van der Waals surface area contributed by atoms with E-state index in [1.807, 2.05) is 0 Å². The molecule has 0 aliphatic heterocycles. The first-order chi connectivity index (χ1) is 8.16. The Morgan fingerprint density at radius 3 is 0.944 bits per heavy atom. The van der Waals surface area contributed by atoms with E-state index >= 15 is 0 Å². The first-order valence-corrected chi connectivity index (χ1v) is 9.49. The lowest BCUT2D eigenvalue weighted by Gasteiger charge is -2.21. The standard InChI is InChI=1S/C12H26S2.C4H10/c1-9(2)13-7-11(5)12(6)8-14-10(3)4;1-4(2)3/h9-12H,7-8H2,1-6H3;4H,1-3H3. The van der Waals surface area contributed by atoms with Crippen LogP contribution >= 0.6 is 23.5 Å². The Morgan fingerprint density at radius 2 is 0.778 bits per heavy atom. The van der Waals surface area contributed by atoms with Crippen LogP contribution in [0.2, 0.25) is 0 Å². The van der Waals surface area contributed by atoms with Crippen LogP contribution in [0.4, 0.5) is 0 Å². The molecule has 0 nitrogen and oxygen atoms in total. The van der Waals surface area contributed by atoms with Crippen molar-refractivity contribution < 1.29 is 0 Å². The van der Waals surface area contributed by atoms with Gasteiger partial charge in [-0.15, -0.1) is 0 Å². The largest absolute Gasteiger partial charge is 0.159 e. The third-order valence-corrected chi connectivity index (χ3v) is 5.13. The predicted octanol–water partition coefficient (Wildman–Crippen LogP) is 6.20. The first kappa shape index (κ1) is 21.0. The maximum Gasteiger partial charge on any atom is -0.000958 e. The van der Waals surface area contributed by atoms with E-state index < -0.39 is 0 Å². The molecule has 0 spiro atoms. The maximum atomic E-state index is 2.39. The van der Waals surface area contributed by atoms with E-state index in [4.69, 9.17) is 0 Å². The van der Waals surface area contributed by atoms with Gasteiger partial charge < -0.3 is 0 Å². The van der Waals surface area contributed by atoms with Crippen molar-refractivity contribution in [2.45, 2.75) is 72.8 Å². The molecular weight excluding hydrogens is 256 g/mol. The zero-order valence-electron chi connectivity index (χ0n) is 14.1. The number of hydrogen-bond acceptors (Lipinski definition) is 2. The van der Waals surface area contributed by atoms with Gasteiger partial charge in [-0.2, -0.15) is 23.5 Å². The van der Waals surface area contributed by atoms with E-state index in [-0.39, 0.29) is 0 Å². The van der Waals surface area contributed by atoms with Crippen molar-refractivity contribution in [3.63, 3.8) is 0 Å². The summed E-state index contributed by atoms with van der Waals surface area (Å²) in [6, 6.07) is 0. The molecule has 2 atom stereocenters. The van der Waals surface area contributed by atoms with Gasteiger partial charge in [0.15, 0.2) is 0 Å². The van der Waals surface area contributed by atoms with Crippen LogP contribution in [0.3, 0.4) is 0 Å². The zero-order chi connectivity index (χ0) is 14.7. The van der Waals surface area contributed by atoms with E-state index in [0.29, 0.717) is 0 Å². The predicted molar refractivity (Wildman–Crippen MR) is 94.0 cm³/mol.